The van der Waals surface area contributed by atoms with Crippen molar-refractivity contribution in [3.63, 3.8) is 0 Å². The summed E-state index contributed by atoms with van der Waals surface area (Å²) < 4.78 is 19.1. The summed E-state index contributed by atoms with van der Waals surface area (Å²) in [6.45, 7) is 0. The lowest BCUT2D eigenvalue weighted by Gasteiger charge is -2.05. The number of rotatable bonds is 2. The number of hydrogen-bond donors (Lipinski definition) is 0. The molecule has 0 saturated heterocycles. The first-order valence-corrected chi connectivity index (χ1v) is 5.79. The van der Waals surface area contributed by atoms with Crippen LogP contribution < -0.4 is 4.74 Å². The average Bonchev–Trinajstić information content (AvgIpc) is 2.22. The van der Waals surface area contributed by atoms with Crippen LogP contribution in [0, 0.1) is 5.82 Å². The van der Waals surface area contributed by atoms with E-state index in [9.17, 15) is 4.39 Å². The van der Waals surface area contributed by atoms with Crippen LogP contribution in [0.4, 0.5) is 4.39 Å². The highest BCUT2D eigenvalue weighted by molar-refractivity contribution is 9.10. The zero-order valence-corrected chi connectivity index (χ0v) is 11.1. The molecule has 0 aliphatic heterocycles. The van der Waals surface area contributed by atoms with Gasteiger partial charge in [-0.2, -0.15) is 15.0 Å². The molecule has 0 radical (unpaired) electrons. The number of aromatic nitrogens is 3. The van der Waals surface area contributed by atoms with Crippen LogP contribution in [-0.2, 0) is 0 Å². The third-order valence-electron chi connectivity index (χ3n) is 1.65. The van der Waals surface area contributed by atoms with Crippen molar-refractivity contribution in [3.05, 3.63) is 39.1 Å². The molecule has 0 aliphatic rings. The zero-order chi connectivity index (χ0) is 12.4. The minimum absolute atomic E-state index is 0.0438. The molecule has 0 aliphatic carbocycles. The van der Waals surface area contributed by atoms with E-state index in [1.165, 1.54) is 18.2 Å². The fraction of sp³-hybridized carbons (Fsp3) is 0. The first-order chi connectivity index (χ1) is 8.04. The molecule has 0 saturated carbocycles. The number of nitrogens with zero attached hydrogens (tertiary/aromatic N) is 3. The van der Waals surface area contributed by atoms with Crippen LogP contribution in [0.3, 0.4) is 0 Å². The zero-order valence-electron chi connectivity index (χ0n) is 7.99. The van der Waals surface area contributed by atoms with Gasteiger partial charge in [-0.05, 0) is 41.4 Å². The highest BCUT2D eigenvalue weighted by Crippen LogP contribution is 2.26. The van der Waals surface area contributed by atoms with Crippen LogP contribution in [0.5, 0.6) is 11.8 Å². The van der Waals surface area contributed by atoms with E-state index < -0.39 is 5.82 Å². The molecular weight excluding hydrogens is 336 g/mol. The third-order valence-corrected chi connectivity index (χ3v) is 2.49. The molecule has 4 nitrogen and oxygen atoms in total. The van der Waals surface area contributed by atoms with Gasteiger partial charge >= 0.3 is 6.01 Å². The summed E-state index contributed by atoms with van der Waals surface area (Å²) in [5, 5.41) is -0.259. The first kappa shape index (κ1) is 12.5. The van der Waals surface area contributed by atoms with E-state index >= 15 is 0 Å². The number of benzene rings is 1. The van der Waals surface area contributed by atoms with Crippen molar-refractivity contribution in [3.8, 4) is 11.8 Å². The lowest BCUT2D eigenvalue weighted by molar-refractivity contribution is 0.409. The van der Waals surface area contributed by atoms with E-state index in [0.29, 0.717) is 4.47 Å². The maximum Gasteiger partial charge on any atom is 0.327 e. The molecular formula is C9H3BrCl2FN3O. The maximum atomic E-state index is 13.4. The Kier molecular flexibility index (Phi) is 3.76. The van der Waals surface area contributed by atoms with Crippen molar-refractivity contribution in [2.24, 2.45) is 0 Å². The van der Waals surface area contributed by atoms with Gasteiger partial charge in [-0.3, -0.25) is 0 Å². The summed E-state index contributed by atoms with van der Waals surface area (Å²) in [7, 11) is 0. The van der Waals surface area contributed by atoms with Crippen molar-refractivity contribution in [1.29, 1.82) is 0 Å². The summed E-state index contributed by atoms with van der Waals surface area (Å²) >= 11 is 14.3. The van der Waals surface area contributed by atoms with Gasteiger partial charge in [-0.15, -0.1) is 0 Å². The Morgan fingerprint density at radius 2 is 1.76 bits per heavy atom. The SMILES string of the molecule is Fc1ccc(Br)cc1Oc1nc(Cl)nc(Cl)n1. The Labute approximate surface area is 114 Å². The van der Waals surface area contributed by atoms with E-state index in [1.54, 1.807) is 0 Å². The number of hydrogen-bond acceptors (Lipinski definition) is 4. The molecule has 0 atom stereocenters. The van der Waals surface area contributed by atoms with E-state index in [-0.39, 0.29) is 22.3 Å². The second-order valence-electron chi connectivity index (χ2n) is 2.83. The van der Waals surface area contributed by atoms with Gasteiger partial charge in [0.2, 0.25) is 10.6 Å². The Morgan fingerprint density at radius 3 is 2.41 bits per heavy atom. The predicted octanol–water partition coefficient (Wildman–Crippen LogP) is 3.87. The molecule has 2 rings (SSSR count). The van der Waals surface area contributed by atoms with Gasteiger partial charge in [0, 0.05) is 4.47 Å². The van der Waals surface area contributed by atoms with Crippen molar-refractivity contribution >= 4 is 39.1 Å². The molecule has 1 aromatic heterocycles. The molecule has 0 bridgehead atoms. The molecule has 0 N–H and O–H groups in total. The Hall–Kier alpha value is -0.980. The molecule has 0 fully saturated rings. The lowest BCUT2D eigenvalue weighted by atomic mass is 10.3. The van der Waals surface area contributed by atoms with Gasteiger partial charge < -0.3 is 4.74 Å². The molecule has 0 amide bonds. The summed E-state index contributed by atoms with van der Waals surface area (Å²) in [6, 6.07) is 4.03. The van der Waals surface area contributed by atoms with E-state index in [0.717, 1.165) is 0 Å². The van der Waals surface area contributed by atoms with E-state index in [4.69, 9.17) is 27.9 Å². The summed E-state index contributed by atoms with van der Waals surface area (Å²) in [5.41, 5.74) is 0. The Balaban J connectivity index is 2.34. The van der Waals surface area contributed by atoms with Crippen LogP contribution in [0.15, 0.2) is 22.7 Å². The highest BCUT2D eigenvalue weighted by Gasteiger charge is 2.09. The molecule has 1 aromatic carbocycles. The van der Waals surface area contributed by atoms with Gasteiger partial charge in [0.1, 0.15) is 0 Å². The fourth-order valence-electron chi connectivity index (χ4n) is 1.01. The average molecular weight is 339 g/mol. The second kappa shape index (κ2) is 5.12. The molecule has 0 spiro atoms. The minimum Gasteiger partial charge on any atom is -0.421 e. The largest absolute Gasteiger partial charge is 0.421 e. The van der Waals surface area contributed by atoms with Crippen molar-refractivity contribution in [1.82, 2.24) is 15.0 Å². The van der Waals surface area contributed by atoms with Crippen LogP contribution in [0.2, 0.25) is 10.6 Å². The summed E-state index contributed by atoms with van der Waals surface area (Å²) in [4.78, 5) is 10.9. The Morgan fingerprint density at radius 1 is 1.12 bits per heavy atom. The van der Waals surface area contributed by atoms with Crippen molar-refractivity contribution in [2.75, 3.05) is 0 Å². The topological polar surface area (TPSA) is 47.9 Å². The number of halogens is 4. The first-order valence-electron chi connectivity index (χ1n) is 4.24. The smallest absolute Gasteiger partial charge is 0.327 e. The lowest BCUT2D eigenvalue weighted by Crippen LogP contribution is -1.96. The highest BCUT2D eigenvalue weighted by atomic mass is 79.9. The standard InChI is InChI=1S/C9H3BrCl2FN3O/c10-4-1-2-5(13)6(3-4)17-9-15-7(11)14-8(12)16-9/h1-3H. The van der Waals surface area contributed by atoms with Crippen LogP contribution in [0.25, 0.3) is 0 Å². The third kappa shape index (κ3) is 3.24. The minimum atomic E-state index is -0.555. The van der Waals surface area contributed by atoms with Gasteiger partial charge in [0.15, 0.2) is 11.6 Å². The summed E-state index contributed by atoms with van der Waals surface area (Å²) in [5.74, 6) is -0.599. The van der Waals surface area contributed by atoms with Crippen molar-refractivity contribution < 1.29 is 9.13 Å². The van der Waals surface area contributed by atoms with Gasteiger partial charge in [0.05, 0.1) is 0 Å². The molecule has 8 heteroatoms. The van der Waals surface area contributed by atoms with E-state index in [1.807, 2.05) is 0 Å². The molecule has 1 heterocycles. The summed E-state index contributed by atoms with van der Waals surface area (Å²) in [6.07, 6.45) is 0. The second-order valence-corrected chi connectivity index (χ2v) is 4.42. The molecule has 0 unspecified atom stereocenters. The Bertz CT molecular complexity index is 550. The molecule has 2 aromatic rings. The van der Waals surface area contributed by atoms with Crippen LogP contribution in [0.1, 0.15) is 0 Å². The van der Waals surface area contributed by atoms with Crippen LogP contribution >= 0.6 is 39.1 Å². The monoisotopic (exact) mass is 337 g/mol. The van der Waals surface area contributed by atoms with Gasteiger partial charge in [-0.1, -0.05) is 15.9 Å². The van der Waals surface area contributed by atoms with Gasteiger partial charge in [-0.25, -0.2) is 4.39 Å². The molecule has 88 valence electrons. The van der Waals surface area contributed by atoms with Crippen molar-refractivity contribution in [2.45, 2.75) is 0 Å². The quantitative estimate of drug-likeness (QED) is 0.833. The van der Waals surface area contributed by atoms with Gasteiger partial charge in [0.25, 0.3) is 0 Å². The van der Waals surface area contributed by atoms with Crippen LogP contribution in [-0.4, -0.2) is 15.0 Å². The predicted molar refractivity (Wildman–Crippen MR) is 64.0 cm³/mol. The maximum absolute atomic E-state index is 13.4. The molecule has 17 heavy (non-hydrogen) atoms. The fourth-order valence-corrected chi connectivity index (χ4v) is 1.70. The van der Waals surface area contributed by atoms with E-state index in [2.05, 4.69) is 30.9 Å². The normalized spacial score (nSPS) is 10.4. The number of ether oxygens (including phenoxy) is 1.